The van der Waals surface area contributed by atoms with E-state index < -0.39 is 0 Å². The van der Waals surface area contributed by atoms with Crippen LogP contribution < -0.4 is 5.73 Å². The fourth-order valence-electron chi connectivity index (χ4n) is 1.00. The first-order valence-corrected chi connectivity index (χ1v) is 4.82. The molecule has 0 aromatic carbocycles. The number of hydrogen-bond acceptors (Lipinski definition) is 2. The Hall–Kier alpha value is 0.137. The summed E-state index contributed by atoms with van der Waals surface area (Å²) in [6, 6.07) is 0. The molecule has 0 saturated heterocycles. The zero-order valence-corrected chi connectivity index (χ0v) is 9.10. The first-order valence-electron chi connectivity index (χ1n) is 4.00. The summed E-state index contributed by atoms with van der Waals surface area (Å²) in [6.07, 6.45) is 3.67. The van der Waals surface area contributed by atoms with E-state index in [0.29, 0.717) is 0 Å². The molecule has 0 bridgehead atoms. The van der Waals surface area contributed by atoms with Crippen LogP contribution >= 0.6 is 0 Å². The lowest BCUT2D eigenvalue weighted by atomic mass is 10.1. The van der Waals surface area contributed by atoms with Crippen LogP contribution in [0.25, 0.3) is 0 Å². The number of nitrogens with two attached hydrogens (primary N) is 1. The van der Waals surface area contributed by atoms with Gasteiger partial charge in [-0.25, -0.2) is 0 Å². The van der Waals surface area contributed by atoms with Gasteiger partial charge in [0.05, 0.1) is 0 Å². The zero-order valence-electron chi connectivity index (χ0n) is 7.10. The van der Waals surface area contributed by atoms with Crippen LogP contribution in [0.15, 0.2) is 0 Å². The fourth-order valence-corrected chi connectivity index (χ4v) is 1.57. The van der Waals surface area contributed by atoms with Gasteiger partial charge in [0, 0.05) is 6.61 Å². The van der Waals surface area contributed by atoms with Gasteiger partial charge in [0.15, 0.2) is 0 Å². The van der Waals surface area contributed by atoms with Crippen molar-refractivity contribution in [2.75, 3.05) is 13.2 Å². The van der Waals surface area contributed by atoms with Crippen LogP contribution in [0.3, 0.4) is 0 Å². The minimum Gasteiger partial charge on any atom is -0.428 e. The van der Waals surface area contributed by atoms with Crippen LogP contribution in [0.2, 0.25) is 0 Å². The maximum Gasteiger partial charge on any atom is 0.145 e. The Morgan fingerprint density at radius 1 is 1.50 bits per heavy atom. The summed E-state index contributed by atoms with van der Waals surface area (Å²) in [7, 11) is 0.872. The van der Waals surface area contributed by atoms with Gasteiger partial charge in [0.1, 0.15) is 10.5 Å². The molecule has 3 heteroatoms. The molecule has 0 aromatic heterocycles. The monoisotopic (exact) mass is 161 g/mol. The third-order valence-corrected chi connectivity index (χ3v) is 1.94. The molecule has 2 N–H and O–H groups in total. The Morgan fingerprint density at radius 2 is 2.20 bits per heavy atom. The van der Waals surface area contributed by atoms with Crippen molar-refractivity contribution in [1.82, 2.24) is 0 Å². The summed E-state index contributed by atoms with van der Waals surface area (Å²) in [6.45, 7) is 4.00. The van der Waals surface area contributed by atoms with Gasteiger partial charge in [-0.05, 0) is 25.3 Å². The van der Waals surface area contributed by atoms with Gasteiger partial charge in [0.2, 0.25) is 0 Å². The van der Waals surface area contributed by atoms with Crippen LogP contribution in [0.1, 0.15) is 26.2 Å². The van der Waals surface area contributed by atoms with Crippen molar-refractivity contribution in [2.24, 2.45) is 11.7 Å². The standard InChI is InChI=1S/C7H19NOSi/c1-7(6-9-10)4-2-3-5-8/h7H,2-6,8H2,1,10H3. The molecule has 0 aliphatic carbocycles. The fraction of sp³-hybridized carbons (Fsp3) is 1.00. The van der Waals surface area contributed by atoms with E-state index >= 15 is 0 Å². The second kappa shape index (κ2) is 7.25. The SMILES string of the molecule is CC(CCCCN)CO[SiH3]. The highest BCUT2D eigenvalue weighted by molar-refractivity contribution is 5.97. The molecule has 10 heavy (non-hydrogen) atoms. The molecular formula is C7H19NOSi. The summed E-state index contributed by atoms with van der Waals surface area (Å²) in [5, 5.41) is 0. The highest BCUT2D eigenvalue weighted by Gasteiger charge is 1.98. The average molecular weight is 161 g/mol. The maximum atomic E-state index is 5.36. The topological polar surface area (TPSA) is 35.2 Å². The molecule has 0 heterocycles. The van der Waals surface area contributed by atoms with Crippen LogP contribution in [0.5, 0.6) is 0 Å². The largest absolute Gasteiger partial charge is 0.428 e. The van der Waals surface area contributed by atoms with E-state index in [9.17, 15) is 0 Å². The molecule has 0 aliphatic rings. The molecular weight excluding hydrogens is 142 g/mol. The first-order chi connectivity index (χ1) is 4.81. The van der Waals surface area contributed by atoms with E-state index in [0.717, 1.165) is 36.0 Å². The van der Waals surface area contributed by atoms with Crippen molar-refractivity contribution in [3.63, 3.8) is 0 Å². The molecule has 2 nitrogen and oxygen atoms in total. The second-order valence-corrected chi connectivity index (χ2v) is 3.42. The summed E-state index contributed by atoms with van der Waals surface area (Å²) < 4.78 is 5.14. The first kappa shape index (κ1) is 10.1. The molecule has 62 valence electrons. The molecule has 0 rings (SSSR count). The quantitative estimate of drug-likeness (QED) is 0.441. The van der Waals surface area contributed by atoms with E-state index in [2.05, 4.69) is 6.92 Å². The van der Waals surface area contributed by atoms with Crippen molar-refractivity contribution >= 4 is 10.5 Å². The summed E-state index contributed by atoms with van der Waals surface area (Å²) in [5.74, 6) is 0.726. The Balaban J connectivity index is 2.97. The summed E-state index contributed by atoms with van der Waals surface area (Å²) in [5.41, 5.74) is 5.36. The predicted molar refractivity (Wildman–Crippen MR) is 48.0 cm³/mol. The maximum absolute atomic E-state index is 5.36. The molecule has 1 unspecified atom stereocenters. The highest BCUT2D eigenvalue weighted by Crippen LogP contribution is 2.06. The number of rotatable bonds is 6. The summed E-state index contributed by atoms with van der Waals surface area (Å²) >= 11 is 0. The van der Waals surface area contributed by atoms with Gasteiger partial charge in [-0.15, -0.1) is 0 Å². The Kier molecular flexibility index (Phi) is 7.35. The zero-order chi connectivity index (χ0) is 7.82. The lowest BCUT2D eigenvalue weighted by Crippen LogP contribution is -2.05. The third kappa shape index (κ3) is 6.26. The molecule has 0 saturated carbocycles. The van der Waals surface area contributed by atoms with Crippen LogP contribution in [0.4, 0.5) is 0 Å². The highest BCUT2D eigenvalue weighted by atomic mass is 28.2. The molecule has 0 aromatic rings. The van der Waals surface area contributed by atoms with Gasteiger partial charge in [0.25, 0.3) is 0 Å². The molecule has 0 spiro atoms. The Labute approximate surface area is 66.7 Å². The molecule has 0 amide bonds. The van der Waals surface area contributed by atoms with Crippen molar-refractivity contribution in [1.29, 1.82) is 0 Å². The second-order valence-electron chi connectivity index (χ2n) is 2.84. The van der Waals surface area contributed by atoms with E-state index in [4.69, 9.17) is 10.2 Å². The molecule has 0 fully saturated rings. The van der Waals surface area contributed by atoms with Gasteiger partial charge >= 0.3 is 0 Å². The van der Waals surface area contributed by atoms with Gasteiger partial charge in [-0.2, -0.15) is 0 Å². The minimum absolute atomic E-state index is 0.726. The Bertz CT molecular complexity index is 70.6. The minimum atomic E-state index is 0.726. The number of unbranched alkanes of at least 4 members (excludes halogenated alkanes) is 1. The Morgan fingerprint density at radius 3 is 2.70 bits per heavy atom. The van der Waals surface area contributed by atoms with Crippen LogP contribution in [0, 0.1) is 5.92 Å². The third-order valence-electron chi connectivity index (χ3n) is 1.60. The van der Waals surface area contributed by atoms with Crippen molar-refractivity contribution in [2.45, 2.75) is 26.2 Å². The molecule has 1 atom stereocenters. The van der Waals surface area contributed by atoms with E-state index in [1.165, 1.54) is 12.8 Å². The van der Waals surface area contributed by atoms with Crippen molar-refractivity contribution in [3.05, 3.63) is 0 Å². The van der Waals surface area contributed by atoms with E-state index in [1.807, 2.05) is 0 Å². The predicted octanol–water partition coefficient (Wildman–Crippen LogP) is 0.0485. The summed E-state index contributed by atoms with van der Waals surface area (Å²) in [4.78, 5) is 0. The molecule has 0 aliphatic heterocycles. The smallest absolute Gasteiger partial charge is 0.145 e. The van der Waals surface area contributed by atoms with Gasteiger partial charge in [-0.3, -0.25) is 0 Å². The number of hydrogen-bond donors (Lipinski definition) is 1. The van der Waals surface area contributed by atoms with Crippen molar-refractivity contribution < 1.29 is 4.43 Å². The van der Waals surface area contributed by atoms with Gasteiger partial charge < -0.3 is 10.2 Å². The lowest BCUT2D eigenvalue weighted by Gasteiger charge is -2.08. The van der Waals surface area contributed by atoms with E-state index in [-0.39, 0.29) is 0 Å². The van der Waals surface area contributed by atoms with Gasteiger partial charge in [-0.1, -0.05) is 13.3 Å². The molecule has 0 radical (unpaired) electrons. The van der Waals surface area contributed by atoms with Crippen LogP contribution in [-0.4, -0.2) is 23.6 Å². The average Bonchev–Trinajstić information content (AvgIpc) is 1.89. The van der Waals surface area contributed by atoms with E-state index in [1.54, 1.807) is 0 Å². The lowest BCUT2D eigenvalue weighted by molar-refractivity contribution is 0.270. The van der Waals surface area contributed by atoms with Crippen LogP contribution in [-0.2, 0) is 4.43 Å². The normalized spacial score (nSPS) is 13.8. The van der Waals surface area contributed by atoms with Crippen molar-refractivity contribution in [3.8, 4) is 0 Å².